The second-order valence-electron chi connectivity index (χ2n) is 4.86. The number of rotatable bonds is 4. The van der Waals surface area contributed by atoms with E-state index in [1.807, 2.05) is 26.0 Å². The van der Waals surface area contributed by atoms with Gasteiger partial charge in [-0.05, 0) is 49.2 Å². The minimum Gasteiger partial charge on any atom is -0.481 e. The molecule has 0 spiro atoms. The average molecular weight is 284 g/mol. The second-order valence-corrected chi connectivity index (χ2v) is 4.86. The van der Waals surface area contributed by atoms with E-state index in [1.54, 1.807) is 18.2 Å². The minimum absolute atomic E-state index is 0.134. The van der Waals surface area contributed by atoms with E-state index >= 15 is 0 Å². The number of carbonyl (C=O) groups is 2. The maximum absolute atomic E-state index is 12.1. The Hall–Kier alpha value is -2.69. The number of aliphatic carboxylic acids is 1. The minimum atomic E-state index is -0.936. The monoisotopic (exact) mass is 284 g/mol. The van der Waals surface area contributed by atoms with Crippen LogP contribution in [0.2, 0.25) is 0 Å². The van der Waals surface area contributed by atoms with E-state index in [2.05, 4.69) is 10.3 Å². The van der Waals surface area contributed by atoms with Gasteiger partial charge in [0.2, 0.25) is 0 Å². The van der Waals surface area contributed by atoms with Crippen molar-refractivity contribution in [1.82, 2.24) is 4.98 Å². The number of aromatic nitrogens is 1. The summed E-state index contributed by atoms with van der Waals surface area (Å²) >= 11 is 0. The molecule has 1 aromatic heterocycles. The van der Waals surface area contributed by atoms with Gasteiger partial charge in [-0.25, -0.2) is 0 Å². The number of benzene rings is 1. The fourth-order valence-electron chi connectivity index (χ4n) is 1.84. The highest BCUT2D eigenvalue weighted by atomic mass is 16.4. The summed E-state index contributed by atoms with van der Waals surface area (Å²) in [5, 5.41) is 11.4. The number of nitrogens with one attached hydrogen (secondary N) is 1. The van der Waals surface area contributed by atoms with Crippen LogP contribution in [-0.2, 0) is 11.2 Å². The van der Waals surface area contributed by atoms with Gasteiger partial charge in [-0.2, -0.15) is 0 Å². The molecule has 1 heterocycles. The van der Waals surface area contributed by atoms with Gasteiger partial charge in [-0.3, -0.25) is 14.6 Å². The molecule has 0 saturated heterocycles. The third-order valence-corrected chi connectivity index (χ3v) is 3.18. The van der Waals surface area contributed by atoms with Gasteiger partial charge in [0.05, 0.1) is 24.0 Å². The van der Waals surface area contributed by atoms with Crippen LogP contribution in [0.4, 0.5) is 5.69 Å². The molecule has 1 aromatic carbocycles. The van der Waals surface area contributed by atoms with Crippen LogP contribution in [-0.4, -0.2) is 22.0 Å². The molecule has 0 aliphatic rings. The van der Waals surface area contributed by atoms with Crippen molar-refractivity contribution in [3.63, 3.8) is 0 Å². The molecule has 2 rings (SSSR count). The molecule has 0 fully saturated rings. The lowest BCUT2D eigenvalue weighted by Gasteiger charge is -2.07. The van der Waals surface area contributed by atoms with Crippen molar-refractivity contribution in [2.75, 3.05) is 5.32 Å². The van der Waals surface area contributed by atoms with Crippen LogP contribution in [0, 0.1) is 13.8 Å². The van der Waals surface area contributed by atoms with Crippen molar-refractivity contribution in [1.29, 1.82) is 0 Å². The summed E-state index contributed by atoms with van der Waals surface area (Å²) in [6.45, 7) is 3.94. The van der Waals surface area contributed by atoms with E-state index in [1.165, 1.54) is 6.20 Å². The van der Waals surface area contributed by atoms with Gasteiger partial charge in [-0.1, -0.05) is 6.07 Å². The lowest BCUT2D eigenvalue weighted by atomic mass is 10.1. The summed E-state index contributed by atoms with van der Waals surface area (Å²) < 4.78 is 0. The molecule has 2 N–H and O–H groups in total. The second kappa shape index (κ2) is 6.17. The van der Waals surface area contributed by atoms with E-state index in [9.17, 15) is 9.59 Å². The van der Waals surface area contributed by atoms with E-state index in [0.717, 1.165) is 11.1 Å². The van der Waals surface area contributed by atoms with Crippen LogP contribution in [0.15, 0.2) is 36.5 Å². The molecule has 21 heavy (non-hydrogen) atoms. The Balaban J connectivity index is 2.08. The van der Waals surface area contributed by atoms with Crippen LogP contribution < -0.4 is 5.32 Å². The van der Waals surface area contributed by atoms with Crippen molar-refractivity contribution in [2.45, 2.75) is 20.3 Å². The summed E-state index contributed by atoms with van der Waals surface area (Å²) in [4.78, 5) is 26.7. The molecule has 0 aliphatic carbocycles. The number of nitrogens with zero attached hydrogens (tertiary/aromatic N) is 1. The third kappa shape index (κ3) is 3.89. The van der Waals surface area contributed by atoms with Gasteiger partial charge in [-0.15, -0.1) is 0 Å². The first-order valence-electron chi connectivity index (χ1n) is 6.51. The number of pyridine rings is 1. The Morgan fingerprint density at radius 3 is 2.48 bits per heavy atom. The van der Waals surface area contributed by atoms with E-state index in [-0.39, 0.29) is 12.3 Å². The van der Waals surface area contributed by atoms with Gasteiger partial charge in [0.1, 0.15) is 0 Å². The summed E-state index contributed by atoms with van der Waals surface area (Å²) in [6, 6.07) is 8.73. The quantitative estimate of drug-likeness (QED) is 0.904. The highest BCUT2D eigenvalue weighted by Crippen LogP contribution is 2.13. The van der Waals surface area contributed by atoms with Crippen molar-refractivity contribution < 1.29 is 14.7 Å². The first kappa shape index (κ1) is 14.7. The lowest BCUT2D eigenvalue weighted by molar-refractivity contribution is -0.136. The van der Waals surface area contributed by atoms with Crippen LogP contribution in [0.25, 0.3) is 0 Å². The predicted molar refractivity (Wildman–Crippen MR) is 79.4 cm³/mol. The van der Waals surface area contributed by atoms with Crippen LogP contribution in [0.3, 0.4) is 0 Å². The Bertz CT molecular complexity index is 678. The molecule has 5 heteroatoms. The molecule has 0 radical (unpaired) electrons. The van der Waals surface area contributed by atoms with E-state index < -0.39 is 5.97 Å². The molecule has 2 aromatic rings. The first-order chi connectivity index (χ1) is 9.95. The Morgan fingerprint density at radius 1 is 1.14 bits per heavy atom. The maximum atomic E-state index is 12.1. The van der Waals surface area contributed by atoms with Crippen LogP contribution >= 0.6 is 0 Å². The van der Waals surface area contributed by atoms with Crippen LogP contribution in [0.5, 0.6) is 0 Å². The number of aryl methyl sites for hydroxylation is 2. The van der Waals surface area contributed by atoms with Gasteiger partial charge in [0.15, 0.2) is 0 Å². The number of carboxylic acids is 1. The van der Waals surface area contributed by atoms with Crippen molar-refractivity contribution in [2.24, 2.45) is 0 Å². The summed E-state index contributed by atoms with van der Waals surface area (Å²) in [5.41, 5.74) is 3.75. The zero-order valence-corrected chi connectivity index (χ0v) is 11.9. The summed E-state index contributed by atoms with van der Waals surface area (Å²) in [6.07, 6.45) is 1.32. The normalized spacial score (nSPS) is 10.2. The van der Waals surface area contributed by atoms with Gasteiger partial charge >= 0.3 is 5.97 Å². The summed E-state index contributed by atoms with van der Waals surface area (Å²) in [5.74, 6) is -1.15. The molecule has 0 bridgehead atoms. The topological polar surface area (TPSA) is 79.3 Å². The van der Waals surface area contributed by atoms with E-state index in [4.69, 9.17) is 5.11 Å². The fourth-order valence-corrected chi connectivity index (χ4v) is 1.84. The smallest absolute Gasteiger partial charge is 0.309 e. The zero-order valence-electron chi connectivity index (χ0n) is 11.9. The molecule has 5 nitrogen and oxygen atoms in total. The Morgan fingerprint density at radius 2 is 1.90 bits per heavy atom. The summed E-state index contributed by atoms with van der Waals surface area (Å²) in [7, 11) is 0. The lowest BCUT2D eigenvalue weighted by Crippen LogP contribution is -2.12. The molecule has 0 aliphatic heterocycles. The standard InChI is InChI=1S/C16H16N2O3/c1-10-3-4-12(7-11(10)2)16(21)18-14-6-5-13(17-9-14)8-15(19)20/h3-7,9H,8H2,1-2H3,(H,18,21)(H,19,20). The predicted octanol–water partition coefficient (Wildman–Crippen LogP) is 2.58. The Labute approximate surface area is 122 Å². The van der Waals surface area contributed by atoms with Crippen LogP contribution in [0.1, 0.15) is 27.2 Å². The Kier molecular flexibility index (Phi) is 4.33. The number of hydrogen-bond donors (Lipinski definition) is 2. The average Bonchev–Trinajstić information content (AvgIpc) is 2.43. The number of amides is 1. The fraction of sp³-hybridized carbons (Fsp3) is 0.188. The van der Waals surface area contributed by atoms with Crippen molar-refractivity contribution in [3.05, 3.63) is 58.9 Å². The number of carboxylic acid groups (broad SMARTS) is 1. The van der Waals surface area contributed by atoms with Crippen molar-refractivity contribution in [3.8, 4) is 0 Å². The SMILES string of the molecule is Cc1ccc(C(=O)Nc2ccc(CC(=O)O)nc2)cc1C. The zero-order chi connectivity index (χ0) is 15.4. The highest BCUT2D eigenvalue weighted by molar-refractivity contribution is 6.04. The van der Waals surface area contributed by atoms with Gasteiger partial charge in [0, 0.05) is 5.56 Å². The maximum Gasteiger partial charge on any atom is 0.309 e. The molecule has 0 saturated carbocycles. The molecular formula is C16H16N2O3. The molecule has 0 atom stereocenters. The van der Waals surface area contributed by atoms with Gasteiger partial charge in [0.25, 0.3) is 5.91 Å². The molecular weight excluding hydrogens is 268 g/mol. The number of carbonyl (C=O) groups excluding carboxylic acids is 1. The molecule has 1 amide bonds. The number of hydrogen-bond acceptors (Lipinski definition) is 3. The number of anilines is 1. The first-order valence-corrected chi connectivity index (χ1v) is 6.51. The third-order valence-electron chi connectivity index (χ3n) is 3.18. The van der Waals surface area contributed by atoms with E-state index in [0.29, 0.717) is 16.9 Å². The molecule has 0 unspecified atom stereocenters. The largest absolute Gasteiger partial charge is 0.481 e. The van der Waals surface area contributed by atoms with Gasteiger partial charge < -0.3 is 10.4 Å². The van der Waals surface area contributed by atoms with Crippen molar-refractivity contribution >= 4 is 17.6 Å². The highest BCUT2D eigenvalue weighted by Gasteiger charge is 2.08. The molecule has 108 valence electrons.